The van der Waals surface area contributed by atoms with E-state index in [1.165, 1.54) is 163 Å². The van der Waals surface area contributed by atoms with Gasteiger partial charge in [-0.25, -0.2) is 0 Å². The molecule has 0 nitrogen and oxygen atoms in total. The normalized spacial score (nSPS) is 12.7. The zero-order valence-corrected chi connectivity index (χ0v) is 34.6. The minimum atomic E-state index is 1.23. The van der Waals surface area contributed by atoms with Gasteiger partial charge in [0.1, 0.15) is 0 Å². The number of benzene rings is 13. The van der Waals surface area contributed by atoms with Crippen LogP contribution in [0.5, 0.6) is 0 Å². The van der Waals surface area contributed by atoms with E-state index in [1.54, 1.807) is 0 Å². The molecule has 0 bridgehead atoms. The predicted molar refractivity (Wildman–Crippen MR) is 276 cm³/mol. The fraction of sp³-hybridized carbons (Fsp3) is 0. The van der Waals surface area contributed by atoms with Crippen molar-refractivity contribution in [3.63, 3.8) is 0 Å². The van der Waals surface area contributed by atoms with Gasteiger partial charge in [0.25, 0.3) is 0 Å². The van der Waals surface area contributed by atoms with Gasteiger partial charge in [-0.3, -0.25) is 0 Å². The number of fused-ring (bicyclic) bond motifs is 12. The first-order valence-electron chi connectivity index (χ1n) is 22.5. The van der Waals surface area contributed by atoms with E-state index in [4.69, 9.17) is 0 Å². The molecule has 1 aliphatic carbocycles. The summed E-state index contributed by atoms with van der Waals surface area (Å²) in [6.07, 6.45) is 0. The molecule has 16 rings (SSSR count). The lowest BCUT2D eigenvalue weighted by Crippen LogP contribution is -1.95. The maximum absolute atomic E-state index is 2.49. The summed E-state index contributed by atoms with van der Waals surface area (Å²) in [4.78, 5) is 0. The maximum atomic E-state index is 2.49. The standard InChI is InChI=1S/C64H34/c1-3-13-35(14-4-1)38-19-7-8-20-39(38)61-41-22-10-9-21-40(41)57(37-15-5-2-6-16-37)63-50-31-29-46-44-25-27-48-54-33-52-42-23-11-17-36-18-12-24-43(56(36)42)53(52)34-55(54)49-28-26-45(58(44)60(48)49)47-30-32-51(64(61)63)62(50)59(46)47/h1-34H. The van der Waals surface area contributed by atoms with Crippen LogP contribution >= 0.6 is 0 Å². The van der Waals surface area contributed by atoms with Crippen LogP contribution in [0.25, 0.3) is 163 Å². The highest BCUT2D eigenvalue weighted by Gasteiger charge is 2.33. The molecule has 15 aromatic carbocycles. The Morgan fingerprint density at radius 2 is 0.562 bits per heavy atom. The Kier molecular flexibility index (Phi) is 6.13. The molecule has 0 radical (unpaired) electrons. The van der Waals surface area contributed by atoms with Gasteiger partial charge >= 0.3 is 0 Å². The molecule has 290 valence electrons. The highest BCUT2D eigenvalue weighted by atomic mass is 14.4. The third-order valence-electron chi connectivity index (χ3n) is 15.2. The van der Waals surface area contributed by atoms with Gasteiger partial charge in [0.2, 0.25) is 0 Å². The van der Waals surface area contributed by atoms with Crippen LogP contribution in [0, 0.1) is 0 Å². The van der Waals surface area contributed by atoms with Gasteiger partial charge in [-0.15, -0.1) is 0 Å². The van der Waals surface area contributed by atoms with E-state index in [0.29, 0.717) is 0 Å². The van der Waals surface area contributed by atoms with Crippen LogP contribution < -0.4 is 0 Å². The molecule has 0 heteroatoms. The SMILES string of the molecule is c1ccc(-c2ccccc2-c2c3c(c(-c4ccccc4)c4ccccc24)-c2ccc4c5ccc6c7cc8c(cc7c7ccc(c9ccc-3c2c49)c5c67)c2cccc3cccc8c32)cc1. The van der Waals surface area contributed by atoms with E-state index >= 15 is 0 Å². The zero-order valence-electron chi connectivity index (χ0n) is 34.6. The molecule has 0 heterocycles. The largest absolute Gasteiger partial charge is 0.0622 e. The Hall–Kier alpha value is -8.32. The van der Waals surface area contributed by atoms with E-state index in [-0.39, 0.29) is 0 Å². The molecule has 0 N–H and O–H groups in total. The van der Waals surface area contributed by atoms with Crippen molar-refractivity contribution in [2.45, 2.75) is 0 Å². The van der Waals surface area contributed by atoms with E-state index < -0.39 is 0 Å². The van der Waals surface area contributed by atoms with Crippen molar-refractivity contribution in [3.8, 4) is 55.6 Å². The van der Waals surface area contributed by atoms with Crippen LogP contribution in [0.2, 0.25) is 0 Å². The summed E-state index contributed by atoms with van der Waals surface area (Å²) in [5, 5.41) is 26.9. The summed E-state index contributed by atoms with van der Waals surface area (Å²) >= 11 is 0. The second-order valence-corrected chi connectivity index (χ2v) is 18.1. The van der Waals surface area contributed by atoms with Crippen molar-refractivity contribution in [2.75, 3.05) is 0 Å². The van der Waals surface area contributed by atoms with E-state index in [2.05, 4.69) is 206 Å². The predicted octanol–water partition coefficient (Wildman–Crippen LogP) is 18.2. The molecule has 15 aromatic rings. The average Bonchev–Trinajstić information content (AvgIpc) is 3.99. The topological polar surface area (TPSA) is 0 Å². The van der Waals surface area contributed by atoms with Crippen LogP contribution in [-0.2, 0) is 0 Å². The van der Waals surface area contributed by atoms with Gasteiger partial charge in [-0.05, 0) is 175 Å². The van der Waals surface area contributed by atoms with E-state index in [9.17, 15) is 0 Å². The molecule has 0 saturated carbocycles. The molecule has 0 spiro atoms. The summed E-state index contributed by atoms with van der Waals surface area (Å²) in [7, 11) is 0. The Balaban J connectivity index is 1.04. The Bertz CT molecular complexity index is 4360. The minimum Gasteiger partial charge on any atom is -0.0622 e. The number of rotatable bonds is 3. The van der Waals surface area contributed by atoms with Gasteiger partial charge in [0, 0.05) is 0 Å². The Labute approximate surface area is 367 Å². The van der Waals surface area contributed by atoms with Gasteiger partial charge in [-0.1, -0.05) is 194 Å². The van der Waals surface area contributed by atoms with Gasteiger partial charge in [0.05, 0.1) is 0 Å². The quantitative estimate of drug-likeness (QED) is 0.123. The fourth-order valence-electron chi connectivity index (χ4n) is 12.8. The van der Waals surface area contributed by atoms with Crippen molar-refractivity contribution in [3.05, 3.63) is 206 Å². The fourth-order valence-corrected chi connectivity index (χ4v) is 12.8. The minimum absolute atomic E-state index is 1.23. The first-order chi connectivity index (χ1) is 31.8. The molecule has 64 heavy (non-hydrogen) atoms. The molecular weight excluding hydrogens is 769 g/mol. The van der Waals surface area contributed by atoms with Gasteiger partial charge in [-0.2, -0.15) is 0 Å². The third-order valence-corrected chi connectivity index (χ3v) is 15.2. The second-order valence-electron chi connectivity index (χ2n) is 18.1. The van der Waals surface area contributed by atoms with Crippen LogP contribution in [0.3, 0.4) is 0 Å². The zero-order chi connectivity index (χ0) is 41.4. The summed E-state index contributed by atoms with van der Waals surface area (Å²) in [5.41, 5.74) is 12.9. The summed E-state index contributed by atoms with van der Waals surface area (Å²) in [5.74, 6) is 0. The monoisotopic (exact) mass is 802 g/mol. The highest BCUT2D eigenvalue weighted by molar-refractivity contribution is 6.45. The van der Waals surface area contributed by atoms with Crippen molar-refractivity contribution < 1.29 is 0 Å². The lowest BCUT2D eigenvalue weighted by molar-refractivity contribution is 1.59. The van der Waals surface area contributed by atoms with Gasteiger partial charge in [0.15, 0.2) is 0 Å². The van der Waals surface area contributed by atoms with Crippen LogP contribution in [0.15, 0.2) is 206 Å². The van der Waals surface area contributed by atoms with Crippen molar-refractivity contribution in [2.24, 2.45) is 0 Å². The first kappa shape index (κ1) is 33.3. The van der Waals surface area contributed by atoms with Gasteiger partial charge < -0.3 is 0 Å². The average molecular weight is 803 g/mol. The molecule has 0 amide bonds. The molecule has 0 aromatic heterocycles. The van der Waals surface area contributed by atoms with E-state index in [0.717, 1.165) is 0 Å². The molecule has 0 aliphatic heterocycles. The molecule has 0 atom stereocenters. The molecular formula is C64H34. The molecule has 0 unspecified atom stereocenters. The summed E-state index contributed by atoms with van der Waals surface area (Å²) in [6.45, 7) is 0. The maximum Gasteiger partial charge on any atom is -0.000718 e. The molecule has 0 saturated heterocycles. The number of hydrogen-bond donors (Lipinski definition) is 0. The second kappa shape index (κ2) is 11.8. The highest BCUT2D eigenvalue weighted by Crippen LogP contribution is 2.61. The van der Waals surface area contributed by atoms with Crippen molar-refractivity contribution >= 4 is 108 Å². The smallest absolute Gasteiger partial charge is 0.000718 e. The number of hydrogen-bond acceptors (Lipinski definition) is 0. The summed E-state index contributed by atoms with van der Waals surface area (Å²) < 4.78 is 0. The lowest BCUT2D eigenvalue weighted by Gasteiger charge is -2.22. The Morgan fingerprint density at radius 1 is 0.172 bits per heavy atom. The van der Waals surface area contributed by atoms with E-state index in [1.807, 2.05) is 0 Å². The summed E-state index contributed by atoms with van der Waals surface area (Å²) in [6, 6.07) is 78.2. The third kappa shape index (κ3) is 3.97. The van der Waals surface area contributed by atoms with Crippen LogP contribution in [0.1, 0.15) is 0 Å². The van der Waals surface area contributed by atoms with Crippen LogP contribution in [-0.4, -0.2) is 0 Å². The van der Waals surface area contributed by atoms with Crippen molar-refractivity contribution in [1.82, 2.24) is 0 Å². The molecule has 1 aliphatic rings. The first-order valence-corrected chi connectivity index (χ1v) is 22.5. The lowest BCUT2D eigenvalue weighted by atomic mass is 9.81. The van der Waals surface area contributed by atoms with Crippen molar-refractivity contribution in [1.29, 1.82) is 0 Å². The molecule has 0 fully saturated rings. The van der Waals surface area contributed by atoms with Crippen LogP contribution in [0.4, 0.5) is 0 Å². The Morgan fingerprint density at radius 3 is 1.12 bits per heavy atom.